The molecular weight excluding hydrogens is 124 g/mol. The highest BCUT2D eigenvalue weighted by Crippen LogP contribution is 2.09. The molecule has 0 aliphatic heterocycles. The number of hydrogen-bond donors (Lipinski definition) is 1. The van der Waals surface area contributed by atoms with E-state index in [1.807, 2.05) is 19.1 Å². The highest BCUT2D eigenvalue weighted by Gasteiger charge is 1.93. The lowest BCUT2D eigenvalue weighted by molar-refractivity contribution is 1.34. The quantitative estimate of drug-likeness (QED) is 0.578. The summed E-state index contributed by atoms with van der Waals surface area (Å²) in [5.74, 6) is 0. The zero-order chi connectivity index (χ0) is 6.97. The summed E-state index contributed by atoms with van der Waals surface area (Å²) in [4.78, 5) is 7.11. The topological polar surface area (TPSA) is 28.7 Å². The highest BCUT2D eigenvalue weighted by molar-refractivity contribution is 5.74. The van der Waals surface area contributed by atoms with Gasteiger partial charge >= 0.3 is 0 Å². The fourth-order valence-corrected chi connectivity index (χ4v) is 0.978. The van der Waals surface area contributed by atoms with Crippen LogP contribution in [-0.4, -0.2) is 9.97 Å². The molecule has 0 aliphatic carbocycles. The number of H-pyrrole nitrogens is 1. The largest absolute Gasteiger partial charge is 0.345 e. The minimum atomic E-state index is 1.01. The zero-order valence-electron chi connectivity index (χ0n) is 5.68. The summed E-state index contributed by atoms with van der Waals surface area (Å²) < 4.78 is 0. The fraction of sp³-hybridized carbons (Fsp3) is 0.125. The molecule has 0 atom stereocenters. The van der Waals surface area contributed by atoms with Gasteiger partial charge in [0.25, 0.3) is 0 Å². The lowest BCUT2D eigenvalue weighted by Gasteiger charge is -1.88. The lowest BCUT2D eigenvalue weighted by atomic mass is 10.2. The summed E-state index contributed by atoms with van der Waals surface area (Å²) in [5.41, 5.74) is 3.18. The Morgan fingerprint density at radius 2 is 2.50 bits per heavy atom. The van der Waals surface area contributed by atoms with Gasteiger partial charge < -0.3 is 4.98 Å². The van der Waals surface area contributed by atoms with Crippen molar-refractivity contribution in [1.29, 1.82) is 0 Å². The van der Waals surface area contributed by atoms with Crippen LogP contribution in [0.25, 0.3) is 11.0 Å². The summed E-state index contributed by atoms with van der Waals surface area (Å²) in [6.07, 6.45) is 1.69. The van der Waals surface area contributed by atoms with Crippen LogP contribution >= 0.6 is 0 Å². The van der Waals surface area contributed by atoms with Gasteiger partial charge in [-0.25, -0.2) is 4.98 Å². The van der Waals surface area contributed by atoms with Crippen molar-refractivity contribution < 1.29 is 0 Å². The number of rotatable bonds is 0. The van der Waals surface area contributed by atoms with E-state index in [0.29, 0.717) is 0 Å². The molecule has 0 spiro atoms. The first-order valence-electron chi connectivity index (χ1n) is 3.18. The van der Waals surface area contributed by atoms with Crippen molar-refractivity contribution in [3.8, 4) is 0 Å². The molecule has 2 nitrogen and oxygen atoms in total. The van der Waals surface area contributed by atoms with Crippen molar-refractivity contribution in [3.63, 3.8) is 0 Å². The van der Waals surface area contributed by atoms with Gasteiger partial charge in [-0.2, -0.15) is 0 Å². The van der Waals surface area contributed by atoms with Crippen LogP contribution in [0.3, 0.4) is 0 Å². The van der Waals surface area contributed by atoms with E-state index < -0.39 is 0 Å². The predicted octanol–water partition coefficient (Wildman–Crippen LogP) is 1.67. The predicted molar refractivity (Wildman–Crippen MR) is 39.7 cm³/mol. The fourth-order valence-electron chi connectivity index (χ4n) is 0.978. The number of aromatic amines is 1. The first-order chi connectivity index (χ1) is 4.86. The number of nitrogens with one attached hydrogen (secondary N) is 1. The van der Waals surface area contributed by atoms with Gasteiger partial charge in [0, 0.05) is 0 Å². The molecule has 0 aliphatic rings. The van der Waals surface area contributed by atoms with E-state index in [4.69, 9.17) is 0 Å². The first-order valence-corrected chi connectivity index (χ1v) is 3.18. The van der Waals surface area contributed by atoms with E-state index in [2.05, 4.69) is 16.0 Å². The van der Waals surface area contributed by atoms with Gasteiger partial charge in [-0.05, 0) is 30.7 Å². The summed E-state index contributed by atoms with van der Waals surface area (Å²) in [5, 5.41) is 0. The second-order valence-corrected chi connectivity index (χ2v) is 2.32. The van der Waals surface area contributed by atoms with E-state index in [9.17, 15) is 0 Å². The van der Waals surface area contributed by atoms with E-state index in [0.717, 1.165) is 16.6 Å². The molecule has 2 aromatic rings. The van der Waals surface area contributed by atoms with Crippen LogP contribution in [0.4, 0.5) is 0 Å². The van der Waals surface area contributed by atoms with Crippen LogP contribution in [0.2, 0.25) is 0 Å². The normalized spacial score (nSPS) is 10.5. The summed E-state index contributed by atoms with van der Waals surface area (Å²) in [6.45, 7) is 2.01. The molecule has 1 aromatic carbocycles. The van der Waals surface area contributed by atoms with Crippen molar-refractivity contribution >= 4 is 11.0 Å². The van der Waals surface area contributed by atoms with Gasteiger partial charge in [-0.3, -0.25) is 0 Å². The highest BCUT2D eigenvalue weighted by atomic mass is 14.9. The average molecular weight is 131 g/mol. The number of aromatic nitrogens is 2. The maximum atomic E-state index is 4.10. The van der Waals surface area contributed by atoms with Crippen molar-refractivity contribution in [2.45, 2.75) is 6.92 Å². The Balaban J connectivity index is 2.86. The Morgan fingerprint density at radius 1 is 1.60 bits per heavy atom. The third kappa shape index (κ3) is 0.692. The van der Waals surface area contributed by atoms with Crippen molar-refractivity contribution in [1.82, 2.24) is 9.97 Å². The lowest BCUT2D eigenvalue weighted by Crippen LogP contribution is -1.72. The van der Waals surface area contributed by atoms with Crippen molar-refractivity contribution in [2.75, 3.05) is 0 Å². The second kappa shape index (κ2) is 1.84. The van der Waals surface area contributed by atoms with E-state index >= 15 is 0 Å². The minimum Gasteiger partial charge on any atom is -0.345 e. The maximum Gasteiger partial charge on any atom is 0.0931 e. The Labute approximate surface area is 58.9 Å². The molecule has 49 valence electrons. The monoisotopic (exact) mass is 131 g/mol. The number of aryl methyl sites for hydroxylation is 1. The van der Waals surface area contributed by atoms with Crippen molar-refractivity contribution in [2.24, 2.45) is 0 Å². The van der Waals surface area contributed by atoms with Gasteiger partial charge in [0.2, 0.25) is 0 Å². The molecule has 0 saturated heterocycles. The molecule has 0 bridgehead atoms. The van der Waals surface area contributed by atoms with Gasteiger partial charge in [-0.1, -0.05) is 0 Å². The van der Waals surface area contributed by atoms with Gasteiger partial charge in [0.05, 0.1) is 17.4 Å². The van der Waals surface area contributed by atoms with Crippen LogP contribution in [0.15, 0.2) is 18.5 Å². The number of fused-ring (bicyclic) bond motifs is 1. The third-order valence-corrected chi connectivity index (χ3v) is 1.50. The first kappa shape index (κ1) is 5.47. The molecule has 1 radical (unpaired) electrons. The molecule has 10 heavy (non-hydrogen) atoms. The van der Waals surface area contributed by atoms with Crippen LogP contribution in [0, 0.1) is 13.0 Å². The molecule has 0 saturated carbocycles. The van der Waals surface area contributed by atoms with Crippen LogP contribution in [-0.2, 0) is 0 Å². The molecule has 0 fully saturated rings. The molecule has 0 amide bonds. The van der Waals surface area contributed by atoms with E-state index in [1.165, 1.54) is 0 Å². The Morgan fingerprint density at radius 3 is 3.40 bits per heavy atom. The molecule has 2 rings (SSSR count). The molecular formula is C8H7N2. The van der Waals surface area contributed by atoms with Crippen LogP contribution < -0.4 is 0 Å². The Kier molecular flexibility index (Phi) is 1.01. The van der Waals surface area contributed by atoms with Crippen LogP contribution in [0.5, 0.6) is 0 Å². The van der Waals surface area contributed by atoms with E-state index in [1.54, 1.807) is 6.33 Å². The van der Waals surface area contributed by atoms with Crippen molar-refractivity contribution in [3.05, 3.63) is 30.1 Å². The van der Waals surface area contributed by atoms with Gasteiger partial charge in [0.15, 0.2) is 0 Å². The molecule has 1 N–H and O–H groups in total. The second-order valence-electron chi connectivity index (χ2n) is 2.32. The average Bonchev–Trinajstić information content (AvgIpc) is 2.33. The number of benzene rings is 1. The standard InChI is InChI=1S/C8H7N2/c1-6-2-3-7-8(4-6)10-5-9-7/h3-5H,1H3,(H,9,10). The number of nitrogens with zero attached hydrogens (tertiary/aromatic N) is 1. The Hall–Kier alpha value is -1.31. The maximum absolute atomic E-state index is 4.10. The van der Waals surface area contributed by atoms with Gasteiger partial charge in [-0.15, -0.1) is 0 Å². The van der Waals surface area contributed by atoms with Gasteiger partial charge in [0.1, 0.15) is 0 Å². The smallest absolute Gasteiger partial charge is 0.0931 e. The number of imidazole rings is 1. The van der Waals surface area contributed by atoms with Crippen LogP contribution in [0.1, 0.15) is 5.56 Å². The zero-order valence-corrected chi connectivity index (χ0v) is 5.68. The minimum absolute atomic E-state index is 1.01. The summed E-state index contributed by atoms with van der Waals surface area (Å²) >= 11 is 0. The molecule has 1 aromatic heterocycles. The van der Waals surface area contributed by atoms with E-state index in [-0.39, 0.29) is 0 Å². The SMILES string of the molecule is Cc1[c]cc2[nH]cnc2c1. The molecule has 1 heterocycles. The summed E-state index contributed by atoms with van der Waals surface area (Å²) in [6, 6.07) is 7.01. The third-order valence-electron chi connectivity index (χ3n) is 1.50. The molecule has 2 heteroatoms. The molecule has 0 unspecified atom stereocenters. The number of hydrogen-bond acceptors (Lipinski definition) is 1. The summed E-state index contributed by atoms with van der Waals surface area (Å²) in [7, 11) is 0. The Bertz CT molecular complexity index is 349.